The molecule has 0 unspecified atom stereocenters. The predicted octanol–water partition coefficient (Wildman–Crippen LogP) is 5.74. The van der Waals surface area contributed by atoms with Crippen LogP contribution in [-0.2, 0) is 6.18 Å². The van der Waals surface area contributed by atoms with E-state index in [0.717, 1.165) is 12.3 Å². The van der Waals surface area contributed by atoms with E-state index in [1.54, 1.807) is 67.5 Å². The van der Waals surface area contributed by atoms with Crippen LogP contribution in [-0.4, -0.2) is 25.0 Å². The summed E-state index contributed by atoms with van der Waals surface area (Å²) in [4.78, 5) is 17.9. The van der Waals surface area contributed by atoms with E-state index < -0.39 is 11.7 Å². The smallest absolute Gasteiger partial charge is 0.362 e. The summed E-state index contributed by atoms with van der Waals surface area (Å²) in [5.74, 6) is 0.0973. The highest BCUT2D eigenvalue weighted by atomic mass is 35.5. The van der Waals surface area contributed by atoms with Crippen molar-refractivity contribution < 1.29 is 18.0 Å². The lowest BCUT2D eigenvalue weighted by Gasteiger charge is -2.18. The second-order valence-electron chi connectivity index (χ2n) is 6.53. The fourth-order valence-electron chi connectivity index (χ4n) is 2.72. The number of pyridine rings is 1. The Morgan fingerprint density at radius 3 is 2.21 bits per heavy atom. The molecule has 8 heteroatoms. The predicted molar refractivity (Wildman–Crippen MR) is 108 cm³/mol. The van der Waals surface area contributed by atoms with Crippen molar-refractivity contribution >= 4 is 29.0 Å². The van der Waals surface area contributed by atoms with Gasteiger partial charge in [0.25, 0.3) is 5.91 Å². The van der Waals surface area contributed by atoms with E-state index in [1.165, 1.54) is 0 Å². The number of anilines is 2. The van der Waals surface area contributed by atoms with Gasteiger partial charge in [-0.3, -0.25) is 4.79 Å². The maximum Gasteiger partial charge on any atom is 0.417 e. The number of hydrogen-bond acceptors (Lipinski definition) is 3. The largest absolute Gasteiger partial charge is 0.417 e. The molecule has 1 N–H and O–H groups in total. The molecule has 29 heavy (non-hydrogen) atoms. The molecular weight excluding hydrogens is 403 g/mol. The SMILES string of the molecule is CN(C)c1ncc(C(F)(F)F)cc1-c1ccc(NC(=O)c2ccc(Cl)cc2)cc1. The van der Waals surface area contributed by atoms with Gasteiger partial charge >= 0.3 is 6.18 Å². The van der Waals surface area contributed by atoms with Gasteiger partial charge < -0.3 is 10.2 Å². The van der Waals surface area contributed by atoms with Gasteiger partial charge in [0.05, 0.1) is 5.56 Å². The third-order valence-corrected chi connectivity index (χ3v) is 4.43. The topological polar surface area (TPSA) is 45.2 Å². The Bertz CT molecular complexity index is 1020. The average Bonchev–Trinajstić information content (AvgIpc) is 2.68. The minimum Gasteiger partial charge on any atom is -0.362 e. The molecule has 0 aliphatic heterocycles. The molecule has 0 fully saturated rings. The van der Waals surface area contributed by atoms with Gasteiger partial charge in [0.15, 0.2) is 0 Å². The average molecular weight is 420 g/mol. The molecule has 0 aliphatic rings. The van der Waals surface area contributed by atoms with E-state index in [2.05, 4.69) is 10.3 Å². The maximum absolute atomic E-state index is 13.1. The van der Waals surface area contributed by atoms with Gasteiger partial charge in [-0.25, -0.2) is 4.98 Å². The van der Waals surface area contributed by atoms with Gasteiger partial charge in [-0.15, -0.1) is 0 Å². The molecule has 0 aliphatic carbocycles. The molecule has 0 saturated carbocycles. The van der Waals surface area contributed by atoms with Gasteiger partial charge in [-0.2, -0.15) is 13.2 Å². The Labute approximate surface area is 170 Å². The number of aromatic nitrogens is 1. The molecule has 0 saturated heterocycles. The highest BCUT2D eigenvalue weighted by molar-refractivity contribution is 6.30. The standard InChI is InChI=1S/C21H17ClF3N3O/c1-28(2)19-18(11-15(12-26-19)21(23,24)25)13-5-9-17(10-6-13)27-20(29)14-3-7-16(22)8-4-14/h3-12H,1-2H3,(H,27,29). The molecule has 0 atom stereocenters. The molecule has 0 spiro atoms. The zero-order valence-electron chi connectivity index (χ0n) is 15.6. The van der Waals surface area contributed by atoms with Crippen LogP contribution >= 0.6 is 11.6 Å². The third-order valence-electron chi connectivity index (χ3n) is 4.18. The summed E-state index contributed by atoms with van der Waals surface area (Å²) in [7, 11) is 3.42. The fourth-order valence-corrected chi connectivity index (χ4v) is 2.85. The van der Waals surface area contributed by atoms with Crippen molar-refractivity contribution in [3.05, 3.63) is 76.9 Å². The van der Waals surface area contributed by atoms with Crippen LogP contribution in [0.1, 0.15) is 15.9 Å². The van der Waals surface area contributed by atoms with E-state index in [9.17, 15) is 18.0 Å². The van der Waals surface area contributed by atoms with Crippen LogP contribution in [0.15, 0.2) is 60.8 Å². The number of carbonyl (C=O) groups excluding carboxylic acids is 1. The van der Waals surface area contributed by atoms with Crippen LogP contribution in [0.3, 0.4) is 0 Å². The first-order valence-corrected chi connectivity index (χ1v) is 8.95. The van der Waals surface area contributed by atoms with Crippen LogP contribution in [0.25, 0.3) is 11.1 Å². The van der Waals surface area contributed by atoms with Gasteiger partial charge in [-0.05, 0) is 48.0 Å². The Balaban J connectivity index is 1.88. The highest BCUT2D eigenvalue weighted by Crippen LogP contribution is 2.35. The molecule has 0 bridgehead atoms. The zero-order valence-corrected chi connectivity index (χ0v) is 16.3. The van der Waals surface area contributed by atoms with E-state index in [-0.39, 0.29) is 5.91 Å². The van der Waals surface area contributed by atoms with E-state index in [0.29, 0.717) is 33.2 Å². The Morgan fingerprint density at radius 1 is 1.03 bits per heavy atom. The molecule has 1 aromatic heterocycles. The van der Waals surface area contributed by atoms with Crippen LogP contribution < -0.4 is 10.2 Å². The first-order chi connectivity index (χ1) is 13.6. The number of amides is 1. The first kappa shape index (κ1) is 20.7. The minimum absolute atomic E-state index is 0.316. The normalized spacial score (nSPS) is 11.2. The van der Waals surface area contributed by atoms with Crippen LogP contribution in [0, 0.1) is 0 Å². The Hall–Kier alpha value is -3.06. The zero-order chi connectivity index (χ0) is 21.2. The van der Waals surface area contributed by atoms with Crippen molar-refractivity contribution in [2.75, 3.05) is 24.3 Å². The number of hydrogen-bond donors (Lipinski definition) is 1. The van der Waals surface area contributed by atoms with Crippen molar-refractivity contribution in [2.45, 2.75) is 6.18 Å². The van der Waals surface area contributed by atoms with Crippen molar-refractivity contribution in [3.63, 3.8) is 0 Å². The van der Waals surface area contributed by atoms with Crippen LogP contribution in [0.2, 0.25) is 5.02 Å². The maximum atomic E-state index is 13.1. The van der Waals surface area contributed by atoms with Crippen molar-refractivity contribution in [3.8, 4) is 11.1 Å². The molecule has 1 amide bonds. The Morgan fingerprint density at radius 2 is 1.66 bits per heavy atom. The van der Waals surface area contributed by atoms with E-state index in [1.807, 2.05) is 0 Å². The molecule has 1 heterocycles. The summed E-state index contributed by atoms with van der Waals surface area (Å²) in [5, 5.41) is 3.27. The summed E-state index contributed by atoms with van der Waals surface area (Å²) >= 11 is 5.82. The van der Waals surface area contributed by atoms with Crippen molar-refractivity contribution in [2.24, 2.45) is 0 Å². The fraction of sp³-hybridized carbons (Fsp3) is 0.143. The van der Waals surface area contributed by atoms with Crippen LogP contribution in [0.4, 0.5) is 24.7 Å². The first-order valence-electron chi connectivity index (χ1n) is 8.57. The monoisotopic (exact) mass is 419 g/mol. The lowest BCUT2D eigenvalue weighted by atomic mass is 10.0. The van der Waals surface area contributed by atoms with Gasteiger partial charge in [0.1, 0.15) is 5.82 Å². The quantitative estimate of drug-likeness (QED) is 0.586. The lowest BCUT2D eigenvalue weighted by Crippen LogP contribution is -2.14. The summed E-state index contributed by atoms with van der Waals surface area (Å²) in [6, 6.07) is 14.0. The number of carbonyl (C=O) groups is 1. The number of alkyl halides is 3. The number of benzene rings is 2. The Kier molecular flexibility index (Phi) is 5.79. The molecule has 2 aromatic carbocycles. The molecule has 3 aromatic rings. The van der Waals surface area contributed by atoms with Crippen LogP contribution in [0.5, 0.6) is 0 Å². The molecule has 3 rings (SSSR count). The number of rotatable bonds is 4. The number of nitrogens with one attached hydrogen (secondary N) is 1. The van der Waals surface area contributed by atoms with Gasteiger partial charge in [-0.1, -0.05) is 23.7 Å². The molecular formula is C21H17ClF3N3O. The second-order valence-corrected chi connectivity index (χ2v) is 6.96. The number of halogens is 4. The van der Waals surface area contributed by atoms with Gasteiger partial charge in [0.2, 0.25) is 0 Å². The summed E-state index contributed by atoms with van der Waals surface area (Å²) in [6.45, 7) is 0. The number of nitrogens with zero attached hydrogens (tertiary/aromatic N) is 2. The summed E-state index contributed by atoms with van der Waals surface area (Å²) < 4.78 is 39.3. The molecule has 4 nitrogen and oxygen atoms in total. The second kappa shape index (κ2) is 8.13. The lowest BCUT2D eigenvalue weighted by molar-refractivity contribution is -0.137. The van der Waals surface area contributed by atoms with Crippen molar-refractivity contribution in [1.29, 1.82) is 0 Å². The van der Waals surface area contributed by atoms with E-state index >= 15 is 0 Å². The van der Waals surface area contributed by atoms with Gasteiger partial charge in [0, 0.05) is 42.1 Å². The minimum atomic E-state index is -4.49. The molecule has 0 radical (unpaired) electrons. The highest BCUT2D eigenvalue weighted by Gasteiger charge is 2.32. The van der Waals surface area contributed by atoms with E-state index in [4.69, 9.17) is 11.6 Å². The third kappa shape index (κ3) is 4.86. The summed E-state index contributed by atoms with van der Waals surface area (Å²) in [5.41, 5.74) is 1.03. The van der Waals surface area contributed by atoms with Crippen molar-refractivity contribution in [1.82, 2.24) is 4.98 Å². The summed E-state index contributed by atoms with van der Waals surface area (Å²) in [6.07, 6.45) is -3.67. The molecule has 150 valence electrons.